The van der Waals surface area contributed by atoms with Gasteiger partial charge in [-0.25, -0.2) is 4.79 Å². The molecular formula is C27H38N8O4. The Morgan fingerprint density at radius 2 is 2.03 bits per heavy atom. The molecule has 4 rings (SSSR count). The zero-order chi connectivity index (χ0) is 28.5. The highest BCUT2D eigenvalue weighted by molar-refractivity contribution is 5.69. The number of hydrogen-bond acceptors (Lipinski definition) is 9. The van der Waals surface area contributed by atoms with Crippen molar-refractivity contribution < 1.29 is 14.5 Å². The normalized spacial score (nSPS) is 17.3. The molecule has 1 atom stereocenters. The van der Waals surface area contributed by atoms with Gasteiger partial charge in [0.2, 0.25) is 11.9 Å². The molecule has 1 amide bonds. The Morgan fingerprint density at radius 3 is 2.69 bits per heavy atom. The number of fused-ring (bicyclic) bond motifs is 1. The Hall–Kier alpha value is -3.96. The fraction of sp³-hybridized carbons (Fsp3) is 0.556. The second-order valence-corrected chi connectivity index (χ2v) is 11.9. The number of carbonyl (C=O) groups is 1. The number of nitrogens with zero attached hydrogens (tertiary/aromatic N) is 6. The lowest BCUT2D eigenvalue weighted by Gasteiger charge is -2.45. The zero-order valence-electron chi connectivity index (χ0n) is 23.7. The first-order valence-electron chi connectivity index (χ1n) is 13.2. The highest BCUT2D eigenvalue weighted by Crippen LogP contribution is 2.31. The van der Waals surface area contributed by atoms with E-state index in [9.17, 15) is 14.9 Å². The van der Waals surface area contributed by atoms with Crippen molar-refractivity contribution in [1.82, 2.24) is 24.5 Å². The summed E-state index contributed by atoms with van der Waals surface area (Å²) in [4.78, 5) is 35.0. The van der Waals surface area contributed by atoms with Gasteiger partial charge in [0.1, 0.15) is 5.60 Å². The summed E-state index contributed by atoms with van der Waals surface area (Å²) in [5.74, 6) is 1.06. The van der Waals surface area contributed by atoms with E-state index in [1.165, 1.54) is 12.1 Å². The first-order valence-corrected chi connectivity index (χ1v) is 13.2. The van der Waals surface area contributed by atoms with Crippen molar-refractivity contribution in [2.45, 2.75) is 91.0 Å². The number of non-ortho nitro benzene ring substituents is 1. The first kappa shape index (κ1) is 28.1. The first-order chi connectivity index (χ1) is 18.2. The number of nitrogens with one attached hydrogen (secondary N) is 2. The molecule has 1 unspecified atom stereocenters. The Bertz CT molecular complexity index is 1360. The molecule has 3 heterocycles. The molecule has 12 heteroatoms. The van der Waals surface area contributed by atoms with Gasteiger partial charge in [0.25, 0.3) is 5.69 Å². The van der Waals surface area contributed by atoms with Crippen LogP contribution in [0.1, 0.15) is 78.4 Å². The van der Waals surface area contributed by atoms with Crippen LogP contribution in [-0.2, 0) is 11.3 Å². The van der Waals surface area contributed by atoms with E-state index in [0.717, 1.165) is 24.0 Å². The molecule has 2 aromatic heterocycles. The van der Waals surface area contributed by atoms with Crippen molar-refractivity contribution in [3.8, 4) is 0 Å². The van der Waals surface area contributed by atoms with Crippen molar-refractivity contribution >= 4 is 29.3 Å². The highest BCUT2D eigenvalue weighted by Gasteiger charge is 2.39. The maximum atomic E-state index is 13.0. The van der Waals surface area contributed by atoms with Crippen LogP contribution in [-0.4, -0.2) is 59.2 Å². The topological polar surface area (TPSA) is 140 Å². The number of carbonyl (C=O) groups excluding carboxylic acids is 1. The monoisotopic (exact) mass is 538 g/mol. The third-order valence-corrected chi connectivity index (χ3v) is 6.77. The van der Waals surface area contributed by atoms with E-state index < -0.39 is 10.5 Å². The molecule has 0 spiro atoms. The quantitative estimate of drug-likeness (QED) is 0.300. The summed E-state index contributed by atoms with van der Waals surface area (Å²) in [6.07, 6.45) is 3.05. The second-order valence-electron chi connectivity index (χ2n) is 11.9. The van der Waals surface area contributed by atoms with Crippen LogP contribution in [0.3, 0.4) is 0 Å². The number of likely N-dealkylation sites (tertiary alicyclic amines) is 1. The van der Waals surface area contributed by atoms with Crippen molar-refractivity contribution in [2.75, 3.05) is 17.2 Å². The van der Waals surface area contributed by atoms with Gasteiger partial charge in [-0.1, -0.05) is 26.0 Å². The third kappa shape index (κ3) is 6.55. The van der Waals surface area contributed by atoms with Gasteiger partial charge in [0, 0.05) is 42.4 Å². The Morgan fingerprint density at radius 1 is 1.28 bits per heavy atom. The number of hydrogen-bond donors (Lipinski definition) is 2. The van der Waals surface area contributed by atoms with Crippen LogP contribution < -0.4 is 10.6 Å². The van der Waals surface area contributed by atoms with Gasteiger partial charge >= 0.3 is 6.09 Å². The number of benzene rings is 1. The van der Waals surface area contributed by atoms with Crippen molar-refractivity contribution in [2.24, 2.45) is 0 Å². The molecule has 0 bridgehead atoms. The summed E-state index contributed by atoms with van der Waals surface area (Å²) in [5.41, 5.74) is 1.48. The summed E-state index contributed by atoms with van der Waals surface area (Å²) in [6.45, 7) is 14.6. The molecule has 1 aliphatic heterocycles. The summed E-state index contributed by atoms with van der Waals surface area (Å²) >= 11 is 0. The minimum atomic E-state index is -0.587. The van der Waals surface area contributed by atoms with Crippen LogP contribution >= 0.6 is 0 Å². The number of amides is 1. The predicted octanol–water partition coefficient (Wildman–Crippen LogP) is 5.36. The van der Waals surface area contributed by atoms with Crippen molar-refractivity contribution in [1.29, 1.82) is 0 Å². The summed E-state index contributed by atoms with van der Waals surface area (Å²) in [6, 6.07) is 6.38. The van der Waals surface area contributed by atoms with E-state index in [1.54, 1.807) is 21.7 Å². The number of piperidine rings is 1. The van der Waals surface area contributed by atoms with Crippen LogP contribution in [0.2, 0.25) is 0 Å². The molecule has 12 nitrogen and oxygen atoms in total. The number of nitro groups is 1. The SMILES string of the molecule is CC(C)c1cnn2c(NCc3cccc([N+](=O)[O-])c3)nc(NC3CCC(C)(C)N(C(=O)OC(C)(C)C)C3)nc12. The van der Waals surface area contributed by atoms with Gasteiger partial charge in [-0.05, 0) is 58.9 Å². The molecule has 3 aromatic rings. The average molecular weight is 539 g/mol. The van der Waals surface area contributed by atoms with Crippen molar-refractivity contribution in [3.63, 3.8) is 0 Å². The van der Waals surface area contributed by atoms with E-state index in [-0.39, 0.29) is 29.3 Å². The number of ether oxygens (including phenoxy) is 1. The predicted molar refractivity (Wildman–Crippen MR) is 149 cm³/mol. The molecule has 1 fully saturated rings. The molecule has 0 aliphatic carbocycles. The fourth-order valence-electron chi connectivity index (χ4n) is 4.60. The minimum absolute atomic E-state index is 0.0282. The molecule has 39 heavy (non-hydrogen) atoms. The van der Waals surface area contributed by atoms with Crippen LogP contribution in [0.5, 0.6) is 0 Å². The van der Waals surface area contributed by atoms with E-state index >= 15 is 0 Å². The highest BCUT2D eigenvalue weighted by atomic mass is 16.6. The zero-order valence-corrected chi connectivity index (χ0v) is 23.7. The summed E-state index contributed by atoms with van der Waals surface area (Å²) in [7, 11) is 0. The minimum Gasteiger partial charge on any atom is -0.444 e. The fourth-order valence-corrected chi connectivity index (χ4v) is 4.60. The van der Waals surface area contributed by atoms with Gasteiger partial charge in [-0.3, -0.25) is 10.1 Å². The number of rotatable bonds is 7. The maximum absolute atomic E-state index is 13.0. The lowest BCUT2D eigenvalue weighted by atomic mass is 9.88. The Balaban J connectivity index is 1.60. The van der Waals surface area contributed by atoms with Gasteiger partial charge in [0.15, 0.2) is 5.65 Å². The molecule has 0 saturated carbocycles. The van der Waals surface area contributed by atoms with Crippen LogP contribution in [0, 0.1) is 10.1 Å². The summed E-state index contributed by atoms with van der Waals surface area (Å²) < 4.78 is 7.33. The second kappa shape index (κ2) is 10.7. The lowest BCUT2D eigenvalue weighted by molar-refractivity contribution is -0.384. The van der Waals surface area contributed by atoms with E-state index in [2.05, 4.69) is 29.6 Å². The largest absolute Gasteiger partial charge is 0.444 e. The lowest BCUT2D eigenvalue weighted by Crippen LogP contribution is -2.57. The number of anilines is 2. The molecule has 210 valence electrons. The molecule has 1 aromatic carbocycles. The van der Waals surface area contributed by atoms with E-state index in [0.29, 0.717) is 30.6 Å². The number of nitro benzene ring substituents is 1. The number of aromatic nitrogens is 4. The van der Waals surface area contributed by atoms with Gasteiger partial charge in [-0.2, -0.15) is 19.6 Å². The van der Waals surface area contributed by atoms with Crippen LogP contribution in [0.4, 0.5) is 22.4 Å². The molecular weight excluding hydrogens is 500 g/mol. The third-order valence-electron chi connectivity index (χ3n) is 6.77. The van der Waals surface area contributed by atoms with Gasteiger partial charge in [0.05, 0.1) is 11.1 Å². The smallest absolute Gasteiger partial charge is 0.410 e. The summed E-state index contributed by atoms with van der Waals surface area (Å²) in [5, 5.41) is 22.4. The van der Waals surface area contributed by atoms with Crippen LogP contribution in [0.25, 0.3) is 5.65 Å². The molecule has 2 N–H and O–H groups in total. The average Bonchev–Trinajstić information content (AvgIpc) is 3.27. The standard InChI is InChI=1S/C27H38N8O4/c1-17(2)21-15-29-34-22(21)31-23(32-24(34)28-14-18-9-8-10-20(13-18)35(37)38)30-19-11-12-27(6,7)33(16-19)25(36)39-26(3,4)5/h8-10,13,15,17,19H,11-12,14,16H2,1-7H3,(H2,28,30,31,32). The maximum Gasteiger partial charge on any atom is 0.410 e. The van der Waals surface area contributed by atoms with Gasteiger partial charge < -0.3 is 20.3 Å². The molecule has 0 radical (unpaired) electrons. The van der Waals surface area contributed by atoms with Gasteiger partial charge in [-0.15, -0.1) is 0 Å². The van der Waals surface area contributed by atoms with E-state index in [4.69, 9.17) is 14.7 Å². The molecule has 1 aliphatic rings. The van der Waals surface area contributed by atoms with Crippen molar-refractivity contribution in [3.05, 3.63) is 51.7 Å². The Labute approximate surface area is 228 Å². The Kier molecular flexibility index (Phi) is 7.67. The molecule has 1 saturated heterocycles. The van der Waals surface area contributed by atoms with Crippen LogP contribution in [0.15, 0.2) is 30.5 Å². The van der Waals surface area contributed by atoms with E-state index in [1.807, 2.05) is 40.7 Å².